The van der Waals surface area contributed by atoms with Crippen molar-refractivity contribution in [2.45, 2.75) is 31.9 Å². The van der Waals surface area contributed by atoms with Crippen LogP contribution in [0.25, 0.3) is 0 Å². The number of nitrogens with zero attached hydrogens (tertiary/aromatic N) is 1. The lowest BCUT2D eigenvalue weighted by atomic mass is 9.98. The number of benzene rings is 1. The molecule has 1 saturated heterocycles. The molecule has 1 amide bonds. The summed E-state index contributed by atoms with van der Waals surface area (Å²) in [7, 11) is 0. The van der Waals surface area contributed by atoms with Gasteiger partial charge in [-0.05, 0) is 12.0 Å². The Morgan fingerprint density at radius 2 is 2.16 bits per heavy atom. The van der Waals surface area contributed by atoms with Gasteiger partial charge in [0.2, 0.25) is 5.91 Å². The lowest BCUT2D eigenvalue weighted by molar-refractivity contribution is -0.150. The van der Waals surface area contributed by atoms with E-state index in [4.69, 9.17) is 4.74 Å². The van der Waals surface area contributed by atoms with E-state index in [0.717, 1.165) is 12.0 Å². The van der Waals surface area contributed by atoms with E-state index in [-0.39, 0.29) is 24.7 Å². The molecule has 1 aromatic rings. The van der Waals surface area contributed by atoms with Crippen LogP contribution in [-0.4, -0.2) is 41.8 Å². The molecule has 1 aliphatic rings. The second-order valence-electron chi connectivity index (χ2n) is 4.78. The molecule has 0 bridgehead atoms. The van der Waals surface area contributed by atoms with Crippen molar-refractivity contribution in [3.8, 4) is 0 Å². The predicted molar refractivity (Wildman–Crippen MR) is 72.6 cm³/mol. The normalized spacial score (nSPS) is 23.4. The molecular weight excluding hydrogens is 242 g/mol. The molecule has 0 unspecified atom stereocenters. The van der Waals surface area contributed by atoms with E-state index in [1.807, 2.05) is 42.2 Å². The molecule has 0 saturated carbocycles. The molecule has 1 fully saturated rings. The topological polar surface area (TPSA) is 49.8 Å². The second kappa shape index (κ2) is 6.68. The molecule has 4 nitrogen and oxygen atoms in total. The lowest BCUT2D eigenvalue weighted by Gasteiger charge is -2.41. The first-order valence-electron chi connectivity index (χ1n) is 6.84. The second-order valence-corrected chi connectivity index (χ2v) is 4.78. The maximum Gasteiger partial charge on any atom is 0.223 e. The van der Waals surface area contributed by atoms with Gasteiger partial charge in [-0.1, -0.05) is 37.3 Å². The van der Waals surface area contributed by atoms with Crippen LogP contribution in [0, 0.1) is 0 Å². The molecule has 0 spiro atoms. The summed E-state index contributed by atoms with van der Waals surface area (Å²) in [6, 6.07) is 9.61. The number of carbonyl (C=O) groups excluding carboxylic acids is 1. The molecule has 2 atom stereocenters. The van der Waals surface area contributed by atoms with E-state index in [1.165, 1.54) is 0 Å². The standard InChI is InChI=1S/C15H21NO3/c1-2-6-14(18)16-9-10-19-13(11-17)15(16)12-7-4-3-5-8-12/h3-5,7-8,13,15,17H,2,6,9-11H2,1H3/t13-,15-/m1/s1. The third-order valence-corrected chi connectivity index (χ3v) is 3.46. The average Bonchev–Trinajstić information content (AvgIpc) is 2.47. The number of rotatable bonds is 4. The van der Waals surface area contributed by atoms with Crippen LogP contribution in [0.2, 0.25) is 0 Å². The Morgan fingerprint density at radius 3 is 2.79 bits per heavy atom. The summed E-state index contributed by atoms with van der Waals surface area (Å²) >= 11 is 0. The van der Waals surface area contributed by atoms with Crippen molar-refractivity contribution in [2.75, 3.05) is 19.8 Å². The maximum atomic E-state index is 12.2. The van der Waals surface area contributed by atoms with Gasteiger partial charge in [0.05, 0.1) is 19.3 Å². The molecule has 1 aromatic carbocycles. The van der Waals surface area contributed by atoms with Crippen molar-refractivity contribution in [3.05, 3.63) is 35.9 Å². The summed E-state index contributed by atoms with van der Waals surface area (Å²) in [6.07, 6.45) is 1.04. The Bertz CT molecular complexity index is 407. The molecular formula is C15H21NO3. The van der Waals surface area contributed by atoms with Crippen molar-refractivity contribution < 1.29 is 14.6 Å². The number of ether oxygens (including phenoxy) is 1. The van der Waals surface area contributed by atoms with Crippen LogP contribution in [0.5, 0.6) is 0 Å². The molecule has 1 heterocycles. The zero-order valence-electron chi connectivity index (χ0n) is 11.3. The molecule has 1 N–H and O–H groups in total. The van der Waals surface area contributed by atoms with E-state index in [2.05, 4.69) is 0 Å². The van der Waals surface area contributed by atoms with Crippen LogP contribution >= 0.6 is 0 Å². The van der Waals surface area contributed by atoms with Gasteiger partial charge in [-0.25, -0.2) is 0 Å². The summed E-state index contributed by atoms with van der Waals surface area (Å²) < 4.78 is 5.61. The molecule has 2 rings (SSSR count). The summed E-state index contributed by atoms with van der Waals surface area (Å²) in [6.45, 7) is 3.01. The Morgan fingerprint density at radius 1 is 1.42 bits per heavy atom. The number of morpholine rings is 1. The first-order chi connectivity index (χ1) is 9.27. The highest BCUT2D eigenvalue weighted by Gasteiger charge is 2.35. The highest BCUT2D eigenvalue weighted by molar-refractivity contribution is 5.76. The quantitative estimate of drug-likeness (QED) is 0.900. The smallest absolute Gasteiger partial charge is 0.223 e. The van der Waals surface area contributed by atoms with Crippen LogP contribution in [0.3, 0.4) is 0 Å². The van der Waals surface area contributed by atoms with Gasteiger partial charge in [0.15, 0.2) is 0 Å². The van der Waals surface area contributed by atoms with Crippen molar-refractivity contribution >= 4 is 5.91 Å². The van der Waals surface area contributed by atoms with Gasteiger partial charge in [-0.3, -0.25) is 4.79 Å². The Kier molecular flexibility index (Phi) is 4.93. The third kappa shape index (κ3) is 3.14. The van der Waals surface area contributed by atoms with E-state index >= 15 is 0 Å². The molecule has 0 radical (unpaired) electrons. The van der Waals surface area contributed by atoms with Gasteiger partial charge in [-0.15, -0.1) is 0 Å². The fourth-order valence-electron chi connectivity index (χ4n) is 2.57. The Hall–Kier alpha value is -1.39. The van der Waals surface area contributed by atoms with Crippen LogP contribution < -0.4 is 0 Å². The highest BCUT2D eigenvalue weighted by atomic mass is 16.5. The molecule has 1 aliphatic heterocycles. The monoisotopic (exact) mass is 263 g/mol. The summed E-state index contributed by atoms with van der Waals surface area (Å²) in [5.41, 5.74) is 1.02. The minimum atomic E-state index is -0.336. The lowest BCUT2D eigenvalue weighted by Crippen LogP contribution is -2.49. The number of hydrogen-bond acceptors (Lipinski definition) is 3. The van der Waals surface area contributed by atoms with Gasteiger partial charge in [-0.2, -0.15) is 0 Å². The first-order valence-corrected chi connectivity index (χ1v) is 6.84. The summed E-state index contributed by atoms with van der Waals surface area (Å²) in [4.78, 5) is 14.1. The van der Waals surface area contributed by atoms with E-state index in [9.17, 15) is 9.90 Å². The van der Waals surface area contributed by atoms with Crippen LogP contribution in [0.15, 0.2) is 30.3 Å². The largest absolute Gasteiger partial charge is 0.394 e. The number of amides is 1. The fourth-order valence-corrected chi connectivity index (χ4v) is 2.57. The Balaban J connectivity index is 2.27. The van der Waals surface area contributed by atoms with Crippen LogP contribution in [-0.2, 0) is 9.53 Å². The predicted octanol–water partition coefficient (Wildman–Crippen LogP) is 1.75. The molecule has 0 aliphatic carbocycles. The maximum absolute atomic E-state index is 12.2. The zero-order valence-corrected chi connectivity index (χ0v) is 11.3. The molecule has 0 aromatic heterocycles. The average molecular weight is 263 g/mol. The van der Waals surface area contributed by atoms with Gasteiger partial charge in [0.1, 0.15) is 6.10 Å². The van der Waals surface area contributed by atoms with Crippen molar-refractivity contribution in [3.63, 3.8) is 0 Å². The highest BCUT2D eigenvalue weighted by Crippen LogP contribution is 2.30. The molecule has 4 heteroatoms. The zero-order chi connectivity index (χ0) is 13.7. The molecule has 19 heavy (non-hydrogen) atoms. The number of carbonyl (C=O) groups is 1. The van der Waals surface area contributed by atoms with Crippen molar-refractivity contribution in [2.24, 2.45) is 0 Å². The number of aliphatic hydroxyl groups is 1. The number of hydrogen-bond donors (Lipinski definition) is 1. The summed E-state index contributed by atoms with van der Waals surface area (Å²) in [5.74, 6) is 0.137. The van der Waals surface area contributed by atoms with E-state index < -0.39 is 0 Å². The Labute approximate surface area is 114 Å². The van der Waals surface area contributed by atoms with Gasteiger partial charge < -0.3 is 14.7 Å². The van der Waals surface area contributed by atoms with E-state index in [0.29, 0.717) is 19.6 Å². The third-order valence-electron chi connectivity index (χ3n) is 3.46. The SMILES string of the molecule is CCCC(=O)N1CCO[C@H](CO)[C@H]1c1ccccc1. The minimum absolute atomic E-state index is 0.0739. The van der Waals surface area contributed by atoms with E-state index in [1.54, 1.807) is 0 Å². The van der Waals surface area contributed by atoms with Crippen LogP contribution in [0.1, 0.15) is 31.4 Å². The molecule has 104 valence electrons. The van der Waals surface area contributed by atoms with Crippen molar-refractivity contribution in [1.29, 1.82) is 0 Å². The number of aliphatic hydroxyl groups excluding tert-OH is 1. The van der Waals surface area contributed by atoms with Gasteiger partial charge >= 0.3 is 0 Å². The van der Waals surface area contributed by atoms with Gasteiger partial charge in [0.25, 0.3) is 0 Å². The first kappa shape index (κ1) is 14.0. The minimum Gasteiger partial charge on any atom is -0.394 e. The van der Waals surface area contributed by atoms with Crippen molar-refractivity contribution in [1.82, 2.24) is 4.90 Å². The van der Waals surface area contributed by atoms with Crippen LogP contribution in [0.4, 0.5) is 0 Å². The fraction of sp³-hybridized carbons (Fsp3) is 0.533. The summed E-state index contributed by atoms with van der Waals surface area (Å²) in [5, 5.41) is 9.49. The van der Waals surface area contributed by atoms with Gasteiger partial charge in [0, 0.05) is 13.0 Å².